The number of esters is 2. The van der Waals surface area contributed by atoms with E-state index < -0.39 is 24.0 Å². The first kappa shape index (κ1) is 24.8. The van der Waals surface area contributed by atoms with Gasteiger partial charge < -0.3 is 19.4 Å². The van der Waals surface area contributed by atoms with E-state index in [9.17, 15) is 14.4 Å². The normalized spacial score (nSPS) is 17.3. The molecule has 7 nitrogen and oxygen atoms in total. The zero-order valence-corrected chi connectivity index (χ0v) is 20.8. The van der Waals surface area contributed by atoms with Gasteiger partial charge in [-0.2, -0.15) is 0 Å². The molecule has 35 heavy (non-hydrogen) atoms. The highest BCUT2D eigenvalue weighted by molar-refractivity contribution is 6.27. The van der Waals surface area contributed by atoms with Crippen LogP contribution in [0.15, 0.2) is 48.5 Å². The monoisotopic (exact) mass is 496 g/mol. The molecule has 0 fully saturated rings. The van der Waals surface area contributed by atoms with Crippen molar-refractivity contribution in [2.24, 2.45) is 5.92 Å². The van der Waals surface area contributed by atoms with Gasteiger partial charge in [0.1, 0.15) is 11.9 Å². The molecule has 0 radical (unpaired) electrons. The first-order valence-electron chi connectivity index (χ1n) is 11.8. The summed E-state index contributed by atoms with van der Waals surface area (Å²) >= 11 is 6.00. The van der Waals surface area contributed by atoms with E-state index in [-0.39, 0.29) is 24.3 Å². The maximum absolute atomic E-state index is 13.1. The minimum Gasteiger partial charge on any atom is -0.464 e. The molecular formula is C27H29ClN2O5. The predicted molar refractivity (Wildman–Crippen MR) is 133 cm³/mol. The first-order chi connectivity index (χ1) is 16.8. The van der Waals surface area contributed by atoms with E-state index >= 15 is 0 Å². The zero-order chi connectivity index (χ0) is 25.1. The smallest absolute Gasteiger partial charge is 0.338 e. The number of halogens is 1. The summed E-state index contributed by atoms with van der Waals surface area (Å²) in [6.45, 7) is 6.22. The largest absolute Gasteiger partial charge is 0.464 e. The second-order valence-electron chi connectivity index (χ2n) is 8.99. The molecule has 184 valence electrons. The molecule has 8 heteroatoms. The fourth-order valence-corrected chi connectivity index (χ4v) is 4.70. The van der Waals surface area contributed by atoms with Crippen molar-refractivity contribution >= 4 is 40.3 Å². The summed E-state index contributed by atoms with van der Waals surface area (Å²) in [5, 5.41) is 0.994. The third kappa shape index (κ3) is 4.91. The minimum absolute atomic E-state index is 0.205. The Bertz CT molecular complexity index is 1230. The molecule has 1 aliphatic heterocycles. The Kier molecular flexibility index (Phi) is 7.45. The summed E-state index contributed by atoms with van der Waals surface area (Å²) in [6.07, 6.45) is 0.316. The molecular weight excluding hydrogens is 468 g/mol. The molecule has 0 unspecified atom stereocenters. The number of ether oxygens (including phenoxy) is 2. The molecule has 0 saturated heterocycles. The molecule has 2 atom stereocenters. The maximum atomic E-state index is 13.1. The van der Waals surface area contributed by atoms with Crippen LogP contribution in [0.2, 0.25) is 0 Å². The summed E-state index contributed by atoms with van der Waals surface area (Å²) in [6, 6.07) is 13.3. The van der Waals surface area contributed by atoms with Crippen LogP contribution in [0.4, 0.5) is 0 Å². The number of alkyl halides is 1. The number of hydrogen-bond donors (Lipinski definition) is 1. The number of hydrogen-bond acceptors (Lipinski definition) is 5. The molecule has 1 aromatic heterocycles. The van der Waals surface area contributed by atoms with Crippen LogP contribution in [0.1, 0.15) is 54.0 Å². The van der Waals surface area contributed by atoms with Gasteiger partial charge in [-0.3, -0.25) is 4.79 Å². The Morgan fingerprint density at radius 2 is 1.80 bits per heavy atom. The lowest BCUT2D eigenvalue weighted by atomic mass is 9.87. The number of amides is 1. The molecule has 1 N–H and O–H groups in total. The number of nitrogens with zero attached hydrogens (tertiary/aromatic N) is 1. The van der Waals surface area contributed by atoms with Crippen molar-refractivity contribution in [3.8, 4) is 0 Å². The van der Waals surface area contributed by atoms with Crippen molar-refractivity contribution in [1.29, 1.82) is 0 Å². The summed E-state index contributed by atoms with van der Waals surface area (Å²) in [5.74, 6) is -1.30. The highest BCUT2D eigenvalue weighted by Gasteiger charge is 2.43. The van der Waals surface area contributed by atoms with E-state index in [4.69, 9.17) is 21.1 Å². The Labute approximate surface area is 209 Å². The number of nitrogens with one attached hydrogen (secondary N) is 1. The molecule has 4 rings (SSSR count). The van der Waals surface area contributed by atoms with Crippen LogP contribution in [-0.4, -0.2) is 52.9 Å². The summed E-state index contributed by atoms with van der Waals surface area (Å²) in [7, 11) is 0. The lowest BCUT2D eigenvalue weighted by Crippen LogP contribution is -2.52. The number of fused-ring (bicyclic) bond motifs is 3. The molecule has 1 aliphatic rings. The topological polar surface area (TPSA) is 88.7 Å². The van der Waals surface area contributed by atoms with E-state index in [0.717, 1.165) is 27.7 Å². The van der Waals surface area contributed by atoms with Crippen molar-refractivity contribution < 1.29 is 23.9 Å². The van der Waals surface area contributed by atoms with Crippen molar-refractivity contribution in [2.75, 3.05) is 19.1 Å². The van der Waals surface area contributed by atoms with Gasteiger partial charge in [0, 0.05) is 23.0 Å². The number of carbonyl (C=O) groups is 3. The molecule has 2 aromatic carbocycles. The van der Waals surface area contributed by atoms with Crippen LogP contribution in [0.3, 0.4) is 0 Å². The van der Waals surface area contributed by atoms with Crippen LogP contribution in [0, 0.1) is 5.92 Å². The number of H-pyrrole nitrogens is 1. The van der Waals surface area contributed by atoms with E-state index in [1.54, 1.807) is 31.2 Å². The average molecular weight is 497 g/mol. The number of para-hydroxylation sites is 1. The van der Waals surface area contributed by atoms with Gasteiger partial charge in [-0.25, -0.2) is 9.59 Å². The van der Waals surface area contributed by atoms with Crippen LogP contribution in [0.5, 0.6) is 0 Å². The van der Waals surface area contributed by atoms with Gasteiger partial charge in [0.2, 0.25) is 5.91 Å². The zero-order valence-electron chi connectivity index (χ0n) is 20.0. The van der Waals surface area contributed by atoms with Crippen molar-refractivity contribution in [3.05, 3.63) is 70.9 Å². The fraction of sp³-hybridized carbons (Fsp3) is 0.370. The molecule has 0 bridgehead atoms. The Hall–Kier alpha value is -3.32. The van der Waals surface area contributed by atoms with Gasteiger partial charge in [0.15, 0.2) is 0 Å². The third-order valence-electron chi connectivity index (χ3n) is 6.10. The Morgan fingerprint density at radius 3 is 2.46 bits per heavy atom. The van der Waals surface area contributed by atoms with Crippen LogP contribution in [0.25, 0.3) is 10.9 Å². The Morgan fingerprint density at radius 1 is 1.09 bits per heavy atom. The molecule has 0 saturated carbocycles. The standard InChI is InChI=1S/C27H29ClN2O5/c1-4-34-27(33)22-13-20-19-7-5-6-8-21(19)29-24(20)25(30(22)23(31)14-28)17-9-11-18(12-10-17)26(32)35-15-16(2)3/h5-12,16,22,25,29H,4,13-15H2,1-3H3/t22-,25+/m1/s1. The van der Waals surface area contributed by atoms with Gasteiger partial charge >= 0.3 is 11.9 Å². The molecule has 1 amide bonds. The van der Waals surface area contributed by atoms with E-state index in [2.05, 4.69) is 4.98 Å². The van der Waals surface area contributed by atoms with Gasteiger partial charge in [-0.05, 0) is 42.2 Å². The number of benzene rings is 2. The molecule has 0 aliphatic carbocycles. The highest BCUT2D eigenvalue weighted by Crippen LogP contribution is 2.41. The van der Waals surface area contributed by atoms with Crippen molar-refractivity contribution in [3.63, 3.8) is 0 Å². The van der Waals surface area contributed by atoms with Gasteiger partial charge in [0.05, 0.1) is 24.8 Å². The van der Waals surface area contributed by atoms with Crippen LogP contribution >= 0.6 is 11.6 Å². The lowest BCUT2D eigenvalue weighted by molar-refractivity contribution is -0.156. The highest BCUT2D eigenvalue weighted by atomic mass is 35.5. The minimum atomic E-state index is -0.825. The SMILES string of the molecule is CCOC(=O)[C@H]1Cc2c([nH]c3ccccc23)[C@H](c2ccc(C(=O)OCC(C)C)cc2)N1C(=O)CCl. The second kappa shape index (κ2) is 10.5. The quantitative estimate of drug-likeness (QED) is 0.380. The van der Waals surface area contributed by atoms with Crippen molar-refractivity contribution in [2.45, 2.75) is 39.3 Å². The van der Waals surface area contributed by atoms with Gasteiger partial charge in [-0.1, -0.05) is 44.2 Å². The third-order valence-corrected chi connectivity index (χ3v) is 6.33. The summed E-state index contributed by atoms with van der Waals surface area (Å²) in [5.41, 5.74) is 3.85. The number of aromatic nitrogens is 1. The summed E-state index contributed by atoms with van der Waals surface area (Å²) in [4.78, 5) is 43.5. The average Bonchev–Trinajstić information content (AvgIpc) is 3.24. The van der Waals surface area contributed by atoms with Gasteiger partial charge in [0.25, 0.3) is 0 Å². The molecule has 0 spiro atoms. The molecule has 2 heterocycles. The Balaban J connectivity index is 1.81. The second-order valence-corrected chi connectivity index (χ2v) is 9.25. The number of aromatic amines is 1. The van der Waals surface area contributed by atoms with Gasteiger partial charge in [-0.15, -0.1) is 11.6 Å². The number of carbonyl (C=O) groups excluding carboxylic acids is 3. The van der Waals surface area contributed by atoms with E-state index in [1.165, 1.54) is 4.90 Å². The van der Waals surface area contributed by atoms with E-state index in [0.29, 0.717) is 18.6 Å². The van der Waals surface area contributed by atoms with Crippen LogP contribution in [-0.2, 0) is 25.5 Å². The predicted octanol–water partition coefficient (Wildman–Crippen LogP) is 4.63. The van der Waals surface area contributed by atoms with E-state index in [1.807, 2.05) is 38.1 Å². The molecule has 3 aromatic rings. The summed E-state index contributed by atoms with van der Waals surface area (Å²) < 4.78 is 10.7. The fourth-order valence-electron chi connectivity index (χ4n) is 4.56. The lowest BCUT2D eigenvalue weighted by Gasteiger charge is -2.40. The maximum Gasteiger partial charge on any atom is 0.338 e. The van der Waals surface area contributed by atoms with Crippen molar-refractivity contribution in [1.82, 2.24) is 9.88 Å². The number of rotatable bonds is 7. The first-order valence-corrected chi connectivity index (χ1v) is 12.3. The van der Waals surface area contributed by atoms with Crippen LogP contribution < -0.4 is 0 Å².